The Bertz CT molecular complexity index is 1460. The molecule has 0 bridgehead atoms. The molecule has 0 unspecified atom stereocenters. The molecule has 0 spiro atoms. The molecule has 0 saturated heterocycles. The van der Waals surface area contributed by atoms with Crippen LogP contribution >= 0.6 is 0 Å². The summed E-state index contributed by atoms with van der Waals surface area (Å²) in [5.74, 6) is 2.86. The first-order valence-corrected chi connectivity index (χ1v) is 17.1. The van der Waals surface area contributed by atoms with E-state index in [2.05, 4.69) is 126 Å². The molecule has 0 saturated carbocycles. The van der Waals surface area contributed by atoms with E-state index in [4.69, 9.17) is 14.2 Å². The zero-order chi connectivity index (χ0) is 30.6. The van der Waals surface area contributed by atoms with Crippen LogP contribution in [0.5, 0.6) is 17.2 Å². The number of ether oxygens (including phenoxy) is 3. The summed E-state index contributed by atoms with van der Waals surface area (Å²) >= 11 is 2.48. The van der Waals surface area contributed by atoms with Crippen molar-refractivity contribution in [3.05, 3.63) is 92.1 Å². The summed E-state index contributed by atoms with van der Waals surface area (Å²) in [6, 6.07) is 13.9. The van der Waals surface area contributed by atoms with Crippen molar-refractivity contribution < 1.29 is 71.9 Å². The topological polar surface area (TPSA) is 27.7 Å². The zero-order valence-corrected chi connectivity index (χ0v) is 33.2. The van der Waals surface area contributed by atoms with Crippen molar-refractivity contribution in [1.82, 2.24) is 0 Å². The van der Waals surface area contributed by atoms with E-state index in [1.54, 1.807) is 0 Å². The number of benzene rings is 3. The van der Waals surface area contributed by atoms with Crippen molar-refractivity contribution in [3.63, 3.8) is 0 Å². The van der Waals surface area contributed by atoms with Crippen LogP contribution in [-0.4, -0.2) is 29.4 Å². The molecule has 236 valence electrons. The first-order valence-electron chi connectivity index (χ1n) is 14.3. The number of allylic oxidation sites excluding steroid dienone is 4. The second-order valence-electron chi connectivity index (χ2n) is 12.0. The quantitative estimate of drug-likeness (QED) is 0.210. The number of hydrogen-bond donors (Lipinski definition) is 0. The van der Waals surface area contributed by atoms with Crippen LogP contribution in [0.2, 0.25) is 3.34 Å². The summed E-state index contributed by atoms with van der Waals surface area (Å²) in [6.07, 6.45) is 0. The molecule has 0 atom stereocenters. The van der Waals surface area contributed by atoms with Gasteiger partial charge in [0.05, 0.1) is 0 Å². The number of halogens is 3. The van der Waals surface area contributed by atoms with Crippen molar-refractivity contribution >= 4 is 23.6 Å². The standard InChI is InChI=1S/C36H45O3Si.3ClH.Ti/c1-20-14-23(4)33(37-11)30(17-20)40(36-28(9)26(7)27(8)29(36)10,31-18-21(2)15-24(5)34(31)38-12)32-19-22(3)16-25(6)35(32)39-13;;;;/h14-19H,1-13H3;3*1H;/q;;;;+3/p-3. The van der Waals surface area contributed by atoms with Crippen LogP contribution in [0, 0.1) is 41.5 Å². The largest absolute Gasteiger partial charge is 1.00 e. The maximum absolute atomic E-state index is 6.40. The average Bonchev–Trinajstić information content (AvgIpc) is 3.04. The first kappa shape index (κ1) is 40.4. The van der Waals surface area contributed by atoms with Crippen molar-refractivity contribution in [2.45, 2.75) is 72.6 Å². The summed E-state index contributed by atoms with van der Waals surface area (Å²) in [7, 11) is 2.25. The molecule has 0 amide bonds. The molecule has 3 aromatic carbocycles. The second kappa shape index (κ2) is 14.8. The summed E-state index contributed by atoms with van der Waals surface area (Å²) < 4.78 is 18.9. The third kappa shape index (κ3) is 5.85. The van der Waals surface area contributed by atoms with Crippen LogP contribution in [0.15, 0.2) is 58.7 Å². The zero-order valence-electron chi connectivity index (χ0n) is 28.3. The Balaban J connectivity index is 0.00000323. The van der Waals surface area contributed by atoms with Gasteiger partial charge >= 0.3 is 262 Å². The Hall–Kier alpha value is -1.66. The predicted octanol–water partition coefficient (Wildman–Crippen LogP) is -2.02. The van der Waals surface area contributed by atoms with Crippen LogP contribution < -0.4 is 67.0 Å². The van der Waals surface area contributed by atoms with E-state index in [9.17, 15) is 0 Å². The van der Waals surface area contributed by atoms with Crippen LogP contribution in [0.1, 0.15) is 61.1 Å². The molecule has 44 heavy (non-hydrogen) atoms. The SMILES string of the molecule is COc1c(C)cc(C)cc1[Si](c1cc(C)cc(C)c1OC)(c1cc(C)cc(C)c1OC)[C]1([Ti+3])C(C)=C(C)C(C)=C1C.[Cl-].[Cl-].[Cl-]. The van der Waals surface area contributed by atoms with E-state index < -0.39 is 8.07 Å². The van der Waals surface area contributed by atoms with Crippen molar-refractivity contribution in [2.75, 3.05) is 21.3 Å². The summed E-state index contributed by atoms with van der Waals surface area (Å²) in [6.45, 7) is 22.4. The van der Waals surface area contributed by atoms with Crippen LogP contribution in [-0.2, 0) is 20.4 Å². The molecule has 0 radical (unpaired) electrons. The molecule has 1 aliphatic rings. The van der Waals surface area contributed by atoms with Gasteiger partial charge in [-0.2, -0.15) is 0 Å². The minimum atomic E-state index is -3.20. The minimum absolute atomic E-state index is 0. The Labute approximate surface area is 296 Å². The Kier molecular flexibility index (Phi) is 13.6. The predicted molar refractivity (Wildman–Crippen MR) is 172 cm³/mol. The van der Waals surface area contributed by atoms with Gasteiger partial charge in [0.25, 0.3) is 0 Å². The van der Waals surface area contributed by atoms with Crippen molar-refractivity contribution in [2.24, 2.45) is 0 Å². The van der Waals surface area contributed by atoms with Gasteiger partial charge in [-0.1, -0.05) is 0 Å². The Morgan fingerprint density at radius 2 is 0.727 bits per heavy atom. The van der Waals surface area contributed by atoms with Gasteiger partial charge in [0, 0.05) is 0 Å². The fraction of sp³-hybridized carbons (Fsp3) is 0.389. The molecule has 8 heteroatoms. The summed E-state index contributed by atoms with van der Waals surface area (Å²) in [5, 5.41) is 3.77. The maximum Gasteiger partial charge on any atom is -1.00 e. The molecule has 3 nitrogen and oxygen atoms in total. The maximum atomic E-state index is 6.40. The number of rotatable bonds is 7. The van der Waals surface area contributed by atoms with E-state index in [-0.39, 0.29) is 40.6 Å². The van der Waals surface area contributed by atoms with Crippen molar-refractivity contribution in [1.29, 1.82) is 0 Å². The molecule has 1 aliphatic carbocycles. The van der Waals surface area contributed by atoms with Crippen LogP contribution in [0.3, 0.4) is 0 Å². The average molecular weight is 708 g/mol. The third-order valence-corrected chi connectivity index (χ3v) is 17.8. The van der Waals surface area contributed by atoms with Gasteiger partial charge < -0.3 is 37.2 Å². The summed E-state index contributed by atoms with van der Waals surface area (Å²) in [5.41, 5.74) is 12.7. The normalized spacial score (nSPS) is 14.1. The van der Waals surface area contributed by atoms with Gasteiger partial charge in [-0.15, -0.1) is 0 Å². The molecule has 0 fully saturated rings. The van der Waals surface area contributed by atoms with Crippen LogP contribution in [0.4, 0.5) is 0 Å². The monoisotopic (exact) mass is 706 g/mol. The molecule has 0 N–H and O–H groups in total. The van der Waals surface area contributed by atoms with Gasteiger partial charge in [0.2, 0.25) is 0 Å². The smallest absolute Gasteiger partial charge is 1.00 e. The van der Waals surface area contributed by atoms with Gasteiger partial charge in [-0.3, -0.25) is 0 Å². The Morgan fingerprint density at radius 3 is 0.955 bits per heavy atom. The van der Waals surface area contributed by atoms with Gasteiger partial charge in [0.15, 0.2) is 0 Å². The molecule has 4 rings (SSSR count). The van der Waals surface area contributed by atoms with E-state index in [1.165, 1.54) is 54.5 Å². The number of hydrogen-bond acceptors (Lipinski definition) is 3. The first-order chi connectivity index (χ1) is 19.2. The number of aryl methyl sites for hydroxylation is 6. The van der Waals surface area contributed by atoms with Crippen LogP contribution in [0.25, 0.3) is 0 Å². The molecule has 0 aliphatic heterocycles. The van der Waals surface area contributed by atoms with E-state index in [0.29, 0.717) is 0 Å². The molecule has 3 aromatic rings. The second-order valence-corrected chi connectivity index (χ2v) is 17.8. The molecular weight excluding hydrogens is 663 g/mol. The van der Waals surface area contributed by atoms with E-state index in [0.717, 1.165) is 33.9 Å². The molecular formula is C36H45Cl3O3SiTi. The number of methoxy groups -OCH3 is 3. The Morgan fingerprint density at radius 1 is 0.477 bits per heavy atom. The fourth-order valence-corrected chi connectivity index (χ4v) is 16.8. The molecule has 0 aromatic heterocycles. The van der Waals surface area contributed by atoms with Crippen molar-refractivity contribution in [3.8, 4) is 17.2 Å². The van der Waals surface area contributed by atoms with Gasteiger partial charge in [0.1, 0.15) is 0 Å². The molecule has 0 heterocycles. The van der Waals surface area contributed by atoms with E-state index >= 15 is 0 Å². The fourth-order valence-electron chi connectivity index (χ4n) is 7.52. The van der Waals surface area contributed by atoms with Gasteiger partial charge in [-0.05, 0) is 0 Å². The summed E-state index contributed by atoms with van der Waals surface area (Å²) in [4.78, 5) is 0. The van der Waals surface area contributed by atoms with Gasteiger partial charge in [-0.25, -0.2) is 0 Å². The third-order valence-electron chi connectivity index (χ3n) is 9.46. The van der Waals surface area contributed by atoms with E-state index in [1.807, 2.05) is 21.3 Å². The minimum Gasteiger partial charge on any atom is -1.00 e.